The molecule has 1 aliphatic heterocycles. The molecule has 31 heavy (non-hydrogen) atoms. The predicted molar refractivity (Wildman–Crippen MR) is 115 cm³/mol. The fourth-order valence-corrected chi connectivity index (χ4v) is 4.15. The lowest BCUT2D eigenvalue weighted by Crippen LogP contribution is -2.51. The van der Waals surface area contributed by atoms with Crippen molar-refractivity contribution in [3.63, 3.8) is 0 Å². The zero-order chi connectivity index (χ0) is 21.4. The van der Waals surface area contributed by atoms with Gasteiger partial charge in [-0.05, 0) is 24.1 Å². The smallest absolute Gasteiger partial charge is 0.254 e. The number of aromatic nitrogens is 4. The zero-order valence-electron chi connectivity index (χ0n) is 16.8. The van der Waals surface area contributed by atoms with Gasteiger partial charge in [-0.15, -0.1) is 0 Å². The second-order valence-corrected chi connectivity index (χ2v) is 8.65. The first kappa shape index (κ1) is 19.9. The first-order chi connectivity index (χ1) is 15.0. The molecule has 0 spiro atoms. The topological polar surface area (TPSA) is 75.9 Å². The van der Waals surface area contributed by atoms with Crippen LogP contribution in [0.1, 0.15) is 40.7 Å². The number of nitrogens with one attached hydrogen (secondary N) is 1. The first-order valence-corrected chi connectivity index (χ1v) is 10.7. The first-order valence-electron chi connectivity index (χ1n) is 10.3. The average Bonchev–Trinajstić information content (AvgIpc) is 3.15. The van der Waals surface area contributed by atoms with E-state index in [9.17, 15) is 4.79 Å². The Morgan fingerprint density at radius 1 is 1.23 bits per heavy atom. The fourth-order valence-electron chi connectivity index (χ4n) is 3.96. The molecule has 7 nitrogen and oxygen atoms in total. The average molecular weight is 441 g/mol. The third kappa shape index (κ3) is 4.12. The number of hydrogen-bond donors (Lipinski definition) is 1. The summed E-state index contributed by atoms with van der Waals surface area (Å²) in [6, 6.07) is 6.61. The van der Waals surface area contributed by atoms with Crippen molar-refractivity contribution in [1.29, 1.82) is 0 Å². The van der Waals surface area contributed by atoms with E-state index in [4.69, 9.17) is 11.6 Å². The maximum absolute atomic E-state index is 15.0. The molecule has 2 aliphatic rings. The highest BCUT2D eigenvalue weighted by atomic mass is 35.5. The van der Waals surface area contributed by atoms with E-state index in [1.165, 1.54) is 12.6 Å². The summed E-state index contributed by atoms with van der Waals surface area (Å²) in [4.78, 5) is 23.4. The third-order valence-corrected chi connectivity index (χ3v) is 6.12. The Bertz CT molecular complexity index is 1090. The van der Waals surface area contributed by atoms with Crippen LogP contribution in [0.4, 0.5) is 10.3 Å². The van der Waals surface area contributed by atoms with Gasteiger partial charge in [0.25, 0.3) is 5.91 Å². The van der Waals surface area contributed by atoms with Crippen molar-refractivity contribution in [2.24, 2.45) is 0 Å². The lowest BCUT2D eigenvalue weighted by atomic mass is 9.73. The predicted octanol–water partition coefficient (Wildman–Crippen LogP) is 3.34. The number of anilines is 1. The highest BCUT2D eigenvalue weighted by Gasteiger charge is 2.47. The van der Waals surface area contributed by atoms with E-state index >= 15 is 4.39 Å². The minimum absolute atomic E-state index is 0.220. The van der Waals surface area contributed by atoms with Crippen LogP contribution in [0.5, 0.6) is 0 Å². The Labute approximate surface area is 184 Å². The van der Waals surface area contributed by atoms with E-state index in [0.29, 0.717) is 22.7 Å². The van der Waals surface area contributed by atoms with Gasteiger partial charge < -0.3 is 10.2 Å². The van der Waals surface area contributed by atoms with Crippen LogP contribution in [0.15, 0.2) is 49.1 Å². The van der Waals surface area contributed by atoms with Gasteiger partial charge in [0.05, 0.1) is 18.3 Å². The van der Waals surface area contributed by atoms with Gasteiger partial charge in [0, 0.05) is 61.1 Å². The summed E-state index contributed by atoms with van der Waals surface area (Å²) in [5.41, 5.74) is 0.454. The number of carbonyl (C=O) groups is 1. The number of hydrogen-bond acceptors (Lipinski definition) is 5. The summed E-state index contributed by atoms with van der Waals surface area (Å²) in [7, 11) is 0. The van der Waals surface area contributed by atoms with E-state index in [1.54, 1.807) is 47.5 Å². The molecule has 2 aromatic heterocycles. The number of benzene rings is 1. The van der Waals surface area contributed by atoms with Gasteiger partial charge in [-0.25, -0.2) is 14.4 Å². The fraction of sp³-hybridized carbons (Fsp3) is 0.364. The monoisotopic (exact) mass is 440 g/mol. The molecule has 1 amide bonds. The maximum atomic E-state index is 15.0. The van der Waals surface area contributed by atoms with Gasteiger partial charge in [0.1, 0.15) is 5.67 Å². The molecular formula is C22H22ClFN6O. The van der Waals surface area contributed by atoms with Crippen molar-refractivity contribution >= 4 is 23.5 Å². The van der Waals surface area contributed by atoms with Crippen LogP contribution in [-0.2, 0) is 12.2 Å². The van der Waals surface area contributed by atoms with Gasteiger partial charge in [0.2, 0.25) is 5.95 Å². The normalized spacial score (nSPS) is 22.5. The number of alkyl halides is 1. The number of carbonyl (C=O) groups excluding carboxylic acids is 1. The standard InChI is InChI=1S/C22H22ClFN6O/c23-18-4-1-3-17(7-18)22(24)8-19(9-22)28-20(31)16-12-27-30(14-16)13-15-10-25-21(26-11-15)29-5-2-6-29/h1,3-4,7,10-12,14,19H,2,5-6,8-9,13H2,(H,28,31). The molecule has 1 aromatic carbocycles. The molecule has 0 bridgehead atoms. The van der Waals surface area contributed by atoms with Gasteiger partial charge in [-0.1, -0.05) is 23.7 Å². The van der Waals surface area contributed by atoms with Crippen LogP contribution in [0.3, 0.4) is 0 Å². The Kier molecular flexibility index (Phi) is 5.09. The van der Waals surface area contributed by atoms with Crippen LogP contribution in [0.25, 0.3) is 0 Å². The van der Waals surface area contributed by atoms with Crippen LogP contribution in [0.2, 0.25) is 5.02 Å². The molecule has 9 heteroatoms. The third-order valence-electron chi connectivity index (χ3n) is 5.89. The summed E-state index contributed by atoms with van der Waals surface area (Å²) in [6.45, 7) is 2.47. The minimum Gasteiger partial charge on any atom is -0.349 e. The highest BCUT2D eigenvalue weighted by molar-refractivity contribution is 6.30. The number of nitrogens with zero attached hydrogens (tertiary/aromatic N) is 5. The van der Waals surface area contributed by atoms with E-state index in [1.807, 2.05) is 0 Å². The van der Waals surface area contributed by atoms with Gasteiger partial charge in [0.15, 0.2) is 0 Å². The molecule has 0 unspecified atom stereocenters. The molecule has 5 rings (SSSR count). The summed E-state index contributed by atoms with van der Waals surface area (Å²) in [5.74, 6) is 0.492. The van der Waals surface area contributed by atoms with Crippen LogP contribution in [-0.4, -0.2) is 44.8 Å². The largest absolute Gasteiger partial charge is 0.349 e. The van der Waals surface area contributed by atoms with E-state index < -0.39 is 5.67 Å². The van der Waals surface area contributed by atoms with E-state index in [0.717, 1.165) is 24.6 Å². The molecule has 3 aromatic rings. The highest BCUT2D eigenvalue weighted by Crippen LogP contribution is 2.45. The molecule has 1 aliphatic carbocycles. The second kappa shape index (κ2) is 7.92. The molecule has 3 heterocycles. The summed E-state index contributed by atoms with van der Waals surface area (Å²) >= 11 is 5.97. The van der Waals surface area contributed by atoms with Crippen molar-refractivity contribution in [2.45, 2.75) is 37.5 Å². The molecule has 1 saturated carbocycles. The molecule has 1 saturated heterocycles. The molecule has 0 atom stereocenters. The van der Waals surface area contributed by atoms with E-state index in [-0.39, 0.29) is 24.8 Å². The Morgan fingerprint density at radius 3 is 2.68 bits per heavy atom. The van der Waals surface area contributed by atoms with Crippen molar-refractivity contribution in [3.8, 4) is 0 Å². The van der Waals surface area contributed by atoms with Gasteiger partial charge in [-0.2, -0.15) is 5.10 Å². The Balaban J connectivity index is 1.15. The Morgan fingerprint density at radius 2 is 2.00 bits per heavy atom. The minimum atomic E-state index is -1.45. The lowest BCUT2D eigenvalue weighted by Gasteiger charge is -2.42. The quantitative estimate of drug-likeness (QED) is 0.636. The molecule has 1 N–H and O–H groups in total. The number of rotatable bonds is 6. The van der Waals surface area contributed by atoms with Crippen molar-refractivity contribution in [1.82, 2.24) is 25.1 Å². The zero-order valence-corrected chi connectivity index (χ0v) is 17.6. The van der Waals surface area contributed by atoms with Crippen molar-refractivity contribution in [3.05, 3.63) is 70.8 Å². The van der Waals surface area contributed by atoms with Gasteiger partial charge >= 0.3 is 0 Å². The van der Waals surface area contributed by atoms with Gasteiger partial charge in [-0.3, -0.25) is 9.48 Å². The molecule has 2 fully saturated rings. The van der Waals surface area contributed by atoms with E-state index in [2.05, 4.69) is 25.3 Å². The van der Waals surface area contributed by atoms with Crippen LogP contribution in [0, 0.1) is 0 Å². The molecule has 160 valence electrons. The van der Waals surface area contributed by atoms with Crippen LogP contribution >= 0.6 is 11.6 Å². The van der Waals surface area contributed by atoms with Crippen molar-refractivity contribution < 1.29 is 9.18 Å². The number of amides is 1. The lowest BCUT2D eigenvalue weighted by molar-refractivity contribution is 0.0248. The summed E-state index contributed by atoms with van der Waals surface area (Å²) < 4.78 is 16.7. The number of halogens is 2. The second-order valence-electron chi connectivity index (χ2n) is 8.21. The van der Waals surface area contributed by atoms with Crippen molar-refractivity contribution in [2.75, 3.05) is 18.0 Å². The SMILES string of the molecule is O=C(NC1CC(F)(c2cccc(Cl)c2)C1)c1cnn(Cc2cnc(N3CCC3)nc2)c1. The molecule has 0 radical (unpaired) electrons. The summed E-state index contributed by atoms with van der Waals surface area (Å²) in [6.07, 6.45) is 8.40. The molecular weight excluding hydrogens is 419 g/mol. The summed E-state index contributed by atoms with van der Waals surface area (Å²) in [5, 5.41) is 7.65. The maximum Gasteiger partial charge on any atom is 0.254 e. The van der Waals surface area contributed by atoms with Crippen LogP contribution < -0.4 is 10.2 Å². The Hall–Kier alpha value is -3.00.